The fourth-order valence-electron chi connectivity index (χ4n) is 2.25. The van der Waals surface area contributed by atoms with Crippen molar-refractivity contribution in [3.63, 3.8) is 0 Å². The summed E-state index contributed by atoms with van der Waals surface area (Å²) in [6, 6.07) is 16.9. The fourth-order valence-corrected chi connectivity index (χ4v) is 2.25. The van der Waals surface area contributed by atoms with Crippen molar-refractivity contribution < 1.29 is 9.90 Å². The maximum absolute atomic E-state index is 11.2. The Bertz CT molecular complexity index is 828. The van der Waals surface area contributed by atoms with Crippen LogP contribution in [0.4, 0.5) is 11.4 Å². The lowest BCUT2D eigenvalue weighted by atomic mass is 10.1. The standard InChI is InChI=1S/C17H14N2O2/c1-11-6-2-4-8-13(11)18-15-10-16(17(20)21)19-14-9-5-3-7-12(14)15/h2-10H,1H3,(H,18,19)(H,20,21). The zero-order chi connectivity index (χ0) is 14.8. The molecule has 3 aromatic rings. The van der Waals surface area contributed by atoms with Gasteiger partial charge in [0.2, 0.25) is 0 Å². The Morgan fingerprint density at radius 2 is 1.76 bits per heavy atom. The number of carboxylic acids is 1. The van der Waals surface area contributed by atoms with Crippen LogP contribution in [-0.4, -0.2) is 16.1 Å². The van der Waals surface area contributed by atoms with E-state index < -0.39 is 5.97 Å². The molecule has 1 heterocycles. The number of para-hydroxylation sites is 2. The summed E-state index contributed by atoms with van der Waals surface area (Å²) in [6.07, 6.45) is 0. The molecule has 0 radical (unpaired) electrons. The lowest BCUT2D eigenvalue weighted by Crippen LogP contribution is -2.03. The average Bonchev–Trinajstić information content (AvgIpc) is 2.49. The number of aromatic nitrogens is 1. The van der Waals surface area contributed by atoms with Crippen LogP contribution >= 0.6 is 0 Å². The maximum Gasteiger partial charge on any atom is 0.354 e. The maximum atomic E-state index is 11.2. The number of carboxylic acid groups (broad SMARTS) is 1. The average molecular weight is 278 g/mol. The van der Waals surface area contributed by atoms with E-state index in [1.54, 1.807) is 6.07 Å². The number of anilines is 2. The molecule has 0 aliphatic carbocycles. The molecule has 0 fully saturated rings. The molecular weight excluding hydrogens is 264 g/mol. The normalized spacial score (nSPS) is 10.5. The van der Waals surface area contributed by atoms with Gasteiger partial charge in [-0.05, 0) is 30.7 Å². The molecule has 0 aliphatic heterocycles. The van der Waals surface area contributed by atoms with Crippen LogP contribution in [0, 0.1) is 6.92 Å². The molecular formula is C17H14N2O2. The van der Waals surface area contributed by atoms with E-state index in [4.69, 9.17) is 0 Å². The van der Waals surface area contributed by atoms with Gasteiger partial charge in [-0.15, -0.1) is 0 Å². The van der Waals surface area contributed by atoms with Crippen LogP contribution in [-0.2, 0) is 0 Å². The highest BCUT2D eigenvalue weighted by molar-refractivity contribution is 5.98. The first kappa shape index (κ1) is 13.1. The predicted molar refractivity (Wildman–Crippen MR) is 83.2 cm³/mol. The monoisotopic (exact) mass is 278 g/mol. The molecule has 3 rings (SSSR count). The third-order valence-corrected chi connectivity index (χ3v) is 3.35. The van der Waals surface area contributed by atoms with Crippen LogP contribution in [0.5, 0.6) is 0 Å². The van der Waals surface area contributed by atoms with Gasteiger partial charge in [0.15, 0.2) is 5.69 Å². The summed E-state index contributed by atoms with van der Waals surface area (Å²) in [5.41, 5.74) is 3.48. The predicted octanol–water partition coefficient (Wildman–Crippen LogP) is 3.99. The van der Waals surface area contributed by atoms with E-state index in [0.717, 1.165) is 22.3 Å². The Morgan fingerprint density at radius 3 is 2.52 bits per heavy atom. The minimum atomic E-state index is -1.03. The zero-order valence-electron chi connectivity index (χ0n) is 11.5. The summed E-state index contributed by atoms with van der Waals surface area (Å²) >= 11 is 0. The first-order valence-electron chi connectivity index (χ1n) is 6.61. The van der Waals surface area contributed by atoms with Gasteiger partial charge in [0.05, 0.1) is 11.2 Å². The van der Waals surface area contributed by atoms with Crippen LogP contribution in [0.1, 0.15) is 16.1 Å². The van der Waals surface area contributed by atoms with Crippen LogP contribution in [0.3, 0.4) is 0 Å². The van der Waals surface area contributed by atoms with E-state index in [0.29, 0.717) is 5.52 Å². The minimum Gasteiger partial charge on any atom is -0.477 e. The Balaban J connectivity index is 2.16. The number of hydrogen-bond donors (Lipinski definition) is 2. The molecule has 0 amide bonds. The number of nitrogens with zero attached hydrogens (tertiary/aromatic N) is 1. The summed E-state index contributed by atoms with van der Waals surface area (Å²) in [5, 5.41) is 13.4. The Kier molecular flexibility index (Phi) is 3.28. The molecule has 0 unspecified atom stereocenters. The van der Waals surface area contributed by atoms with Crippen molar-refractivity contribution in [1.29, 1.82) is 0 Å². The van der Waals surface area contributed by atoms with Gasteiger partial charge < -0.3 is 10.4 Å². The second kappa shape index (κ2) is 5.25. The van der Waals surface area contributed by atoms with E-state index in [1.165, 1.54) is 0 Å². The van der Waals surface area contributed by atoms with Gasteiger partial charge >= 0.3 is 5.97 Å². The third-order valence-electron chi connectivity index (χ3n) is 3.35. The number of rotatable bonds is 3. The molecule has 2 aromatic carbocycles. The summed E-state index contributed by atoms with van der Waals surface area (Å²) in [6.45, 7) is 2.00. The van der Waals surface area contributed by atoms with Gasteiger partial charge in [-0.3, -0.25) is 0 Å². The van der Waals surface area contributed by atoms with Gasteiger partial charge in [-0.1, -0.05) is 36.4 Å². The van der Waals surface area contributed by atoms with Crippen LogP contribution < -0.4 is 5.32 Å². The Hall–Kier alpha value is -2.88. The molecule has 21 heavy (non-hydrogen) atoms. The van der Waals surface area contributed by atoms with Crippen molar-refractivity contribution in [2.24, 2.45) is 0 Å². The molecule has 0 bridgehead atoms. The Morgan fingerprint density at radius 1 is 1.05 bits per heavy atom. The van der Waals surface area contributed by atoms with Crippen molar-refractivity contribution in [2.45, 2.75) is 6.92 Å². The summed E-state index contributed by atoms with van der Waals surface area (Å²) in [7, 11) is 0. The number of aromatic carboxylic acids is 1. The van der Waals surface area contributed by atoms with Crippen LogP contribution in [0.2, 0.25) is 0 Å². The molecule has 2 N–H and O–H groups in total. The molecule has 0 atom stereocenters. The highest BCUT2D eigenvalue weighted by Gasteiger charge is 2.11. The lowest BCUT2D eigenvalue weighted by molar-refractivity contribution is 0.0691. The smallest absolute Gasteiger partial charge is 0.354 e. The van der Waals surface area contributed by atoms with Crippen molar-refractivity contribution in [1.82, 2.24) is 4.98 Å². The van der Waals surface area contributed by atoms with Gasteiger partial charge in [0.25, 0.3) is 0 Å². The van der Waals surface area contributed by atoms with E-state index >= 15 is 0 Å². The number of benzene rings is 2. The topological polar surface area (TPSA) is 62.2 Å². The minimum absolute atomic E-state index is 0.0322. The van der Waals surface area contributed by atoms with Gasteiger partial charge in [0, 0.05) is 11.1 Å². The van der Waals surface area contributed by atoms with Crippen LogP contribution in [0.25, 0.3) is 10.9 Å². The molecule has 0 spiro atoms. The van der Waals surface area contributed by atoms with E-state index in [1.807, 2.05) is 55.5 Å². The van der Waals surface area contributed by atoms with Crippen molar-refractivity contribution in [3.05, 3.63) is 65.9 Å². The highest BCUT2D eigenvalue weighted by atomic mass is 16.4. The van der Waals surface area contributed by atoms with Crippen molar-refractivity contribution >= 4 is 28.2 Å². The summed E-state index contributed by atoms with van der Waals surface area (Å²) < 4.78 is 0. The Labute approximate surface area is 122 Å². The van der Waals surface area contributed by atoms with E-state index in [-0.39, 0.29) is 5.69 Å². The number of nitrogens with one attached hydrogen (secondary N) is 1. The number of aryl methyl sites for hydroxylation is 1. The summed E-state index contributed by atoms with van der Waals surface area (Å²) in [4.78, 5) is 15.4. The molecule has 104 valence electrons. The number of fused-ring (bicyclic) bond motifs is 1. The number of carbonyl (C=O) groups is 1. The lowest BCUT2D eigenvalue weighted by Gasteiger charge is -2.12. The second-order valence-corrected chi connectivity index (χ2v) is 4.82. The zero-order valence-corrected chi connectivity index (χ0v) is 11.5. The highest BCUT2D eigenvalue weighted by Crippen LogP contribution is 2.27. The molecule has 4 heteroatoms. The first-order chi connectivity index (χ1) is 10.1. The largest absolute Gasteiger partial charge is 0.477 e. The second-order valence-electron chi connectivity index (χ2n) is 4.82. The van der Waals surface area contributed by atoms with Gasteiger partial charge in [0.1, 0.15) is 0 Å². The van der Waals surface area contributed by atoms with Crippen LogP contribution in [0.15, 0.2) is 54.6 Å². The van der Waals surface area contributed by atoms with Gasteiger partial charge in [-0.2, -0.15) is 0 Å². The molecule has 0 aliphatic rings. The van der Waals surface area contributed by atoms with Crippen molar-refractivity contribution in [2.75, 3.05) is 5.32 Å². The number of pyridine rings is 1. The SMILES string of the molecule is Cc1ccccc1Nc1cc(C(=O)O)nc2ccccc12. The third kappa shape index (κ3) is 2.56. The summed E-state index contributed by atoms with van der Waals surface area (Å²) in [5.74, 6) is -1.03. The molecule has 4 nitrogen and oxygen atoms in total. The van der Waals surface area contributed by atoms with E-state index in [2.05, 4.69) is 10.3 Å². The molecule has 0 saturated heterocycles. The fraction of sp³-hybridized carbons (Fsp3) is 0.0588. The van der Waals surface area contributed by atoms with E-state index in [9.17, 15) is 9.90 Å². The number of hydrogen-bond acceptors (Lipinski definition) is 3. The molecule has 1 aromatic heterocycles. The first-order valence-corrected chi connectivity index (χ1v) is 6.61. The van der Waals surface area contributed by atoms with Gasteiger partial charge in [-0.25, -0.2) is 9.78 Å². The molecule has 0 saturated carbocycles. The quantitative estimate of drug-likeness (QED) is 0.760. The van der Waals surface area contributed by atoms with Crippen molar-refractivity contribution in [3.8, 4) is 0 Å².